The molecule has 21 rings (SSSR count). The van der Waals surface area contributed by atoms with Crippen molar-refractivity contribution in [1.29, 1.82) is 0 Å². The van der Waals surface area contributed by atoms with Crippen LogP contribution in [0.3, 0.4) is 0 Å². The smallest absolute Gasteiger partial charge is 0.350 e. The van der Waals surface area contributed by atoms with Crippen LogP contribution in [0.5, 0.6) is 0 Å². The van der Waals surface area contributed by atoms with Gasteiger partial charge in [-0.2, -0.15) is 30.2 Å². The average Bonchev–Trinajstić information content (AvgIpc) is 1.11. The van der Waals surface area contributed by atoms with Crippen molar-refractivity contribution in [3.8, 4) is 33.4 Å². The average molecular weight is 1780 g/mol. The number of fused-ring (bicyclic) bond motifs is 3. The van der Waals surface area contributed by atoms with Gasteiger partial charge in [0, 0.05) is 227 Å². The summed E-state index contributed by atoms with van der Waals surface area (Å²) >= 11 is 5.51. The van der Waals surface area contributed by atoms with E-state index in [1.165, 1.54) is 43.1 Å². The topological polar surface area (TPSA) is 239 Å². The fraction of sp³-hybridized carbons (Fsp3) is 0.443. The first-order valence-electron chi connectivity index (χ1n) is 45.0. The number of hydrogen-bond donors (Lipinski definition) is 0. The van der Waals surface area contributed by atoms with Crippen LogP contribution in [0.15, 0.2) is 158 Å². The second-order valence-electron chi connectivity index (χ2n) is 36.7. The molecule has 9 atom stereocenters. The van der Waals surface area contributed by atoms with E-state index in [-0.39, 0.29) is 89.2 Å². The molecule has 3 unspecified atom stereocenters. The van der Waals surface area contributed by atoms with E-state index in [2.05, 4.69) is 186 Å². The van der Waals surface area contributed by atoms with Gasteiger partial charge < -0.3 is 39.2 Å². The number of piperazine rings is 3. The number of benzene rings is 6. The van der Waals surface area contributed by atoms with Crippen LogP contribution >= 0.6 is 35.3 Å². The van der Waals surface area contributed by atoms with E-state index < -0.39 is 6.17 Å². The first-order valence-corrected chi connectivity index (χ1v) is 48.0. The molecular formula is C97H112FN21O6S3. The van der Waals surface area contributed by atoms with Crippen molar-refractivity contribution in [2.75, 3.05) is 130 Å². The highest BCUT2D eigenvalue weighted by atomic mass is 32.2. The molecule has 6 aromatic heterocycles. The molecule has 6 saturated heterocycles. The molecular weight excluding hydrogens is 1670 g/mol. The van der Waals surface area contributed by atoms with Gasteiger partial charge in [0.1, 0.15) is 23.6 Å². The zero-order chi connectivity index (χ0) is 89.4. The van der Waals surface area contributed by atoms with E-state index in [9.17, 15) is 33.2 Å². The Hall–Kier alpha value is -11.0. The Morgan fingerprint density at radius 3 is 0.953 bits per heavy atom. The van der Waals surface area contributed by atoms with Crippen molar-refractivity contribution in [2.45, 2.75) is 157 Å². The van der Waals surface area contributed by atoms with E-state index in [1.807, 2.05) is 120 Å². The molecule has 128 heavy (non-hydrogen) atoms. The van der Waals surface area contributed by atoms with E-state index >= 15 is 0 Å². The molecule has 0 radical (unpaired) electrons. The molecule has 3 amide bonds. The first-order chi connectivity index (χ1) is 61.7. The third-order valence-corrected chi connectivity index (χ3v) is 31.6. The van der Waals surface area contributed by atoms with Crippen LogP contribution < -0.4 is 31.8 Å². The molecule has 9 aliphatic heterocycles. The fourth-order valence-electron chi connectivity index (χ4n) is 22.3. The lowest BCUT2D eigenvalue weighted by molar-refractivity contribution is -0.131. The van der Waals surface area contributed by atoms with Crippen molar-refractivity contribution in [1.82, 2.24) is 87.4 Å². The van der Waals surface area contributed by atoms with Crippen molar-refractivity contribution >= 4 is 136 Å². The van der Waals surface area contributed by atoms with Crippen LogP contribution in [0.25, 0.3) is 98.8 Å². The Balaban J connectivity index is 0.000000125. The number of para-hydroxylation sites is 3. The number of nitrogens with zero attached hydrogens (tertiary/aromatic N) is 21. The summed E-state index contributed by atoms with van der Waals surface area (Å²) in [5, 5.41) is 19.8. The highest BCUT2D eigenvalue weighted by molar-refractivity contribution is 8.00. The van der Waals surface area contributed by atoms with Gasteiger partial charge in [-0.15, -0.1) is 35.3 Å². The molecule has 6 fully saturated rings. The third kappa shape index (κ3) is 15.0. The van der Waals surface area contributed by atoms with Crippen LogP contribution in [0.4, 0.5) is 21.8 Å². The molecule has 0 spiro atoms. The maximum absolute atomic E-state index is 14.1. The van der Waals surface area contributed by atoms with Crippen molar-refractivity contribution in [3.63, 3.8) is 0 Å². The van der Waals surface area contributed by atoms with Crippen LogP contribution in [0, 0.1) is 20.8 Å². The predicted octanol–water partition coefficient (Wildman–Crippen LogP) is 13.0. The fourth-order valence-corrected chi connectivity index (χ4v) is 26.4. The number of alkyl halides is 1. The van der Waals surface area contributed by atoms with Gasteiger partial charge in [0.15, 0.2) is 0 Å². The van der Waals surface area contributed by atoms with E-state index in [4.69, 9.17) is 15.0 Å². The zero-order valence-electron chi connectivity index (χ0n) is 75.1. The summed E-state index contributed by atoms with van der Waals surface area (Å²) < 4.78 is 25.4. The summed E-state index contributed by atoms with van der Waals surface area (Å²) in [6.45, 7) is 40.8. The predicted molar refractivity (Wildman–Crippen MR) is 513 cm³/mol. The molecule has 0 aliphatic carbocycles. The number of halogens is 1. The Bertz CT molecular complexity index is 6700. The number of hydrogen-bond acceptors (Lipinski definition) is 21. The first kappa shape index (κ1) is 86.4. The molecule has 9 aliphatic rings. The van der Waals surface area contributed by atoms with Crippen LogP contribution in [0.2, 0.25) is 0 Å². The molecule has 666 valence electrons. The van der Waals surface area contributed by atoms with Crippen molar-refractivity contribution < 1.29 is 18.8 Å². The number of aromatic nitrogens is 12. The van der Waals surface area contributed by atoms with E-state index in [0.29, 0.717) is 70.5 Å². The lowest BCUT2D eigenvalue weighted by Gasteiger charge is -2.45. The molecule has 6 aromatic carbocycles. The minimum absolute atomic E-state index is 0.0396. The monoisotopic (exact) mass is 1780 g/mol. The van der Waals surface area contributed by atoms with Crippen molar-refractivity contribution in [2.24, 2.45) is 21.1 Å². The lowest BCUT2D eigenvalue weighted by atomic mass is 9.95. The standard InChI is InChI=1S/C33H39N7O2S.C32H36FN7O2S.C32H37N7O2S/c1-6-27(41)39-21(3)16-38(17-22(39)4)32-26-14-20(2)28(25-11-9-10-23-15-34-36(5)29(23)25)31-30(26)40(33(42)35-32)24(19-43-31)18-37-12-7-8-13-37;1-6-26(41)39-19(3)12-38(13-20(39)4)31-25-10-18(2)27(24-9-7-8-21-11-34-36(5)28(21)24)30-29(25)40(32(42)35-31)23(17-43-30)16-37-14-22(33)15-37;1-6-26(40)38-20(3)15-37(16-21(38)4)31-25-13-19(2)27(24-10-7-9-22-14-33-35(5)28(22)24)30-29(25)39(32(41)34-31)23(18-42-30)17-36-11-8-12-36/h6,9-11,14-15,21-22,24H,1,7-8,12-13,16-19H2,2-5H3;6-11,19-20,22-23H,1,12-17H2,2-5H3;6-7,9-10,13-14,20-21,23H,1,8,11-12,15-18H2,2-5H3/t21-,22+,24?;19-,20+,23?;20-,21+,23?. The van der Waals surface area contributed by atoms with Gasteiger partial charge in [-0.05, 0) is 161 Å². The molecule has 0 bridgehead atoms. The second kappa shape index (κ2) is 34.5. The number of carbonyl (C=O) groups is 3. The highest BCUT2D eigenvalue weighted by Gasteiger charge is 2.43. The number of aryl methyl sites for hydroxylation is 6. The Morgan fingerprint density at radius 1 is 0.406 bits per heavy atom. The molecule has 12 aromatic rings. The zero-order valence-corrected chi connectivity index (χ0v) is 77.5. The maximum atomic E-state index is 14.1. The van der Waals surface area contributed by atoms with Gasteiger partial charge in [0.2, 0.25) is 17.7 Å². The summed E-state index contributed by atoms with van der Waals surface area (Å²) in [6, 6.07) is 25.3. The molecule has 27 nitrogen and oxygen atoms in total. The van der Waals surface area contributed by atoms with Crippen LogP contribution in [0.1, 0.15) is 95.6 Å². The number of rotatable bonds is 15. The van der Waals surface area contributed by atoms with Gasteiger partial charge in [0.25, 0.3) is 0 Å². The molecule has 0 saturated carbocycles. The second-order valence-corrected chi connectivity index (χ2v) is 39.8. The van der Waals surface area contributed by atoms with Gasteiger partial charge in [-0.3, -0.25) is 47.0 Å². The van der Waals surface area contributed by atoms with Crippen molar-refractivity contribution in [3.05, 3.63) is 177 Å². The number of amides is 3. The summed E-state index contributed by atoms with van der Waals surface area (Å²) in [4.78, 5) is 117. The number of likely N-dealkylation sites (tertiary alicyclic amines) is 3. The Labute approximate surface area is 756 Å². The minimum Gasteiger partial charge on any atom is -0.352 e. The summed E-state index contributed by atoms with van der Waals surface area (Å²) in [6.07, 6.45) is 12.7. The maximum Gasteiger partial charge on any atom is 0.350 e. The van der Waals surface area contributed by atoms with Gasteiger partial charge in [-0.25, -0.2) is 18.8 Å². The molecule has 0 N–H and O–H groups in total. The Kier molecular flexibility index (Phi) is 23.3. The normalized spacial score (nSPS) is 22.6. The summed E-state index contributed by atoms with van der Waals surface area (Å²) in [5.41, 5.74) is 15.6. The van der Waals surface area contributed by atoms with Gasteiger partial charge >= 0.3 is 17.1 Å². The number of carbonyl (C=O) groups excluding carboxylic acids is 3. The van der Waals surface area contributed by atoms with E-state index in [1.54, 1.807) is 11.8 Å². The van der Waals surface area contributed by atoms with Gasteiger partial charge in [0.05, 0.1) is 69.8 Å². The minimum atomic E-state index is -0.801. The van der Waals surface area contributed by atoms with Gasteiger partial charge in [-0.1, -0.05) is 74.3 Å². The van der Waals surface area contributed by atoms with Crippen LogP contribution in [-0.2, 0) is 35.5 Å². The van der Waals surface area contributed by atoms with Crippen LogP contribution in [-0.4, -0.2) is 263 Å². The number of thioether (sulfide) groups is 3. The third-order valence-electron chi connectivity index (χ3n) is 27.9. The lowest BCUT2D eigenvalue weighted by Crippen LogP contribution is -2.59. The molecule has 31 heteroatoms. The summed E-state index contributed by atoms with van der Waals surface area (Å²) in [5.74, 6) is 4.24. The summed E-state index contributed by atoms with van der Waals surface area (Å²) in [7, 11) is 5.93. The highest BCUT2D eigenvalue weighted by Crippen LogP contribution is 2.52. The number of anilines is 3. The quantitative estimate of drug-likeness (QED) is 0.0867. The largest absolute Gasteiger partial charge is 0.352 e. The Morgan fingerprint density at radius 2 is 0.688 bits per heavy atom. The SMILES string of the molecule is C=CC(=O)N1[C@H](C)CN(c2nc(=O)n3c4c(c(-c5cccc6cnn(C)c56)c(C)cc24)SCC3CN2CC(F)C2)C[C@@H]1C.C=CC(=O)N1[C@H](C)CN(c2nc(=O)n3c4c(c(-c5cccc6cnn(C)c56)c(C)cc24)SCC3CN2CCC2)C[C@@H]1C.C=CC(=O)N1[C@H](C)CN(c2nc(=O)n3c4c(c(-c5cccc6cnn(C)c56)c(C)cc24)SCC3CN2CCCC2)C[C@@H]1C. The van der Waals surface area contributed by atoms with E-state index in [0.717, 1.165) is 187 Å². The molecule has 15 heterocycles.